The third-order valence-corrected chi connectivity index (χ3v) is 2.60. The van der Waals surface area contributed by atoms with E-state index in [-0.39, 0.29) is 16.8 Å². The highest BCUT2D eigenvalue weighted by atomic mass is 35.5. The summed E-state index contributed by atoms with van der Waals surface area (Å²) in [5, 5.41) is 6.24. The van der Waals surface area contributed by atoms with Crippen molar-refractivity contribution in [3.05, 3.63) is 29.0 Å². The molecule has 9 heteroatoms. The van der Waals surface area contributed by atoms with Crippen LogP contribution in [0, 0.1) is 6.92 Å². The molecule has 8 nitrogen and oxygen atoms in total. The molecule has 0 bridgehead atoms. The average molecular weight is 279 g/mol. The summed E-state index contributed by atoms with van der Waals surface area (Å²) in [5.41, 5.74) is 1.02. The summed E-state index contributed by atoms with van der Waals surface area (Å²) in [6.07, 6.45) is 1.44. The van der Waals surface area contributed by atoms with E-state index >= 15 is 0 Å². The summed E-state index contributed by atoms with van der Waals surface area (Å²) < 4.78 is 4.81. The van der Waals surface area contributed by atoms with Gasteiger partial charge in [-0.15, -0.1) is 0 Å². The number of nitrogens with one attached hydrogen (secondary N) is 2. The molecule has 0 unspecified atom stereocenters. The highest BCUT2D eigenvalue weighted by Gasteiger charge is 2.14. The van der Waals surface area contributed by atoms with Gasteiger partial charge in [0.1, 0.15) is 11.3 Å². The molecule has 1 amide bonds. The first-order chi connectivity index (χ1) is 9.13. The molecule has 3 aromatic heterocycles. The molecular formula is C10H7ClN6O2. The molecule has 0 aromatic carbocycles. The van der Waals surface area contributed by atoms with Crippen molar-refractivity contribution in [2.45, 2.75) is 6.92 Å². The second-order valence-electron chi connectivity index (χ2n) is 3.72. The topological polar surface area (TPSA) is 110 Å². The van der Waals surface area contributed by atoms with Crippen molar-refractivity contribution in [1.82, 2.24) is 25.1 Å². The lowest BCUT2D eigenvalue weighted by Gasteiger charge is -2.01. The van der Waals surface area contributed by atoms with E-state index in [2.05, 4.69) is 30.4 Å². The Kier molecular flexibility index (Phi) is 2.64. The maximum atomic E-state index is 11.8. The fourth-order valence-corrected chi connectivity index (χ4v) is 1.71. The molecule has 3 aromatic rings. The molecule has 3 heterocycles. The van der Waals surface area contributed by atoms with E-state index in [1.54, 1.807) is 6.92 Å². The van der Waals surface area contributed by atoms with Gasteiger partial charge in [-0.05, 0) is 6.92 Å². The summed E-state index contributed by atoms with van der Waals surface area (Å²) >= 11 is 5.93. The number of rotatable bonds is 2. The number of aryl methyl sites for hydroxylation is 1. The predicted molar refractivity (Wildman–Crippen MR) is 65.9 cm³/mol. The van der Waals surface area contributed by atoms with Crippen molar-refractivity contribution >= 4 is 34.6 Å². The number of imidazole rings is 1. The number of aromatic nitrogens is 5. The van der Waals surface area contributed by atoms with E-state index < -0.39 is 5.91 Å². The van der Waals surface area contributed by atoms with Gasteiger partial charge in [-0.3, -0.25) is 10.1 Å². The SMILES string of the molecule is Cc1cc(C(=O)Nc2nc(Cl)c3[nH]cnc3n2)no1. The van der Waals surface area contributed by atoms with Crippen LogP contribution in [0.4, 0.5) is 5.95 Å². The van der Waals surface area contributed by atoms with Gasteiger partial charge in [0.25, 0.3) is 5.91 Å². The standard InChI is InChI=1S/C10H7ClN6O2/c1-4-2-5(17-19-4)9(18)16-10-14-7(11)6-8(15-10)13-3-12-6/h2-3H,1H3,(H2,12,13,14,15,16,18). The molecule has 0 aliphatic rings. The minimum Gasteiger partial charge on any atom is -0.361 e. The van der Waals surface area contributed by atoms with Crippen molar-refractivity contribution in [3.8, 4) is 0 Å². The third kappa shape index (κ3) is 2.13. The first-order valence-electron chi connectivity index (χ1n) is 5.25. The van der Waals surface area contributed by atoms with Crippen LogP contribution in [0.25, 0.3) is 11.2 Å². The van der Waals surface area contributed by atoms with Crippen molar-refractivity contribution in [2.75, 3.05) is 5.32 Å². The molecule has 0 saturated carbocycles. The maximum absolute atomic E-state index is 11.8. The van der Waals surface area contributed by atoms with E-state index in [0.29, 0.717) is 16.9 Å². The van der Waals surface area contributed by atoms with Crippen LogP contribution in [0.5, 0.6) is 0 Å². The lowest BCUT2D eigenvalue weighted by atomic mass is 10.3. The average Bonchev–Trinajstić information content (AvgIpc) is 2.97. The number of H-pyrrole nitrogens is 1. The Bertz CT molecular complexity index is 764. The van der Waals surface area contributed by atoms with Crippen LogP contribution < -0.4 is 5.32 Å². The molecule has 0 radical (unpaired) electrons. The van der Waals surface area contributed by atoms with Crippen LogP contribution in [0.15, 0.2) is 16.9 Å². The van der Waals surface area contributed by atoms with Gasteiger partial charge in [-0.25, -0.2) is 4.98 Å². The number of hydrogen-bond donors (Lipinski definition) is 2. The van der Waals surface area contributed by atoms with Gasteiger partial charge < -0.3 is 9.51 Å². The molecule has 0 atom stereocenters. The quantitative estimate of drug-likeness (QED) is 0.688. The van der Waals surface area contributed by atoms with Crippen LogP contribution in [0.3, 0.4) is 0 Å². The molecule has 2 N–H and O–H groups in total. The van der Waals surface area contributed by atoms with E-state index in [1.807, 2.05) is 0 Å². The number of fused-ring (bicyclic) bond motifs is 1. The van der Waals surface area contributed by atoms with Crippen LogP contribution in [-0.4, -0.2) is 31.0 Å². The highest BCUT2D eigenvalue weighted by Crippen LogP contribution is 2.18. The Morgan fingerprint density at radius 3 is 3.05 bits per heavy atom. The number of carbonyl (C=O) groups is 1. The zero-order chi connectivity index (χ0) is 13.4. The van der Waals surface area contributed by atoms with Crippen LogP contribution >= 0.6 is 11.6 Å². The molecule has 19 heavy (non-hydrogen) atoms. The molecule has 0 aliphatic heterocycles. The third-order valence-electron chi connectivity index (χ3n) is 2.33. The molecule has 0 aliphatic carbocycles. The number of anilines is 1. The Morgan fingerprint density at radius 1 is 1.47 bits per heavy atom. The van der Waals surface area contributed by atoms with E-state index in [1.165, 1.54) is 12.4 Å². The minimum absolute atomic E-state index is 0.0512. The predicted octanol–water partition coefficient (Wildman–Crippen LogP) is 1.56. The molecule has 96 valence electrons. The monoisotopic (exact) mass is 278 g/mol. The summed E-state index contributed by atoms with van der Waals surface area (Å²) in [6, 6.07) is 1.50. The lowest BCUT2D eigenvalue weighted by Crippen LogP contribution is -2.14. The second-order valence-corrected chi connectivity index (χ2v) is 4.07. The number of nitrogens with zero attached hydrogens (tertiary/aromatic N) is 4. The first-order valence-corrected chi connectivity index (χ1v) is 5.62. The minimum atomic E-state index is -0.484. The van der Waals surface area contributed by atoms with E-state index in [9.17, 15) is 4.79 Å². The summed E-state index contributed by atoms with van der Waals surface area (Å²) in [5.74, 6) is 0.102. The van der Waals surface area contributed by atoms with Crippen LogP contribution in [0.2, 0.25) is 5.15 Å². The number of halogens is 1. The summed E-state index contributed by atoms with van der Waals surface area (Å²) in [6.45, 7) is 1.69. The van der Waals surface area contributed by atoms with Gasteiger partial charge in [0.05, 0.1) is 6.33 Å². The van der Waals surface area contributed by atoms with Crippen molar-refractivity contribution in [3.63, 3.8) is 0 Å². The normalized spacial score (nSPS) is 10.8. The summed E-state index contributed by atoms with van der Waals surface area (Å²) in [7, 11) is 0. The van der Waals surface area contributed by atoms with Gasteiger partial charge in [0.2, 0.25) is 5.95 Å². The van der Waals surface area contributed by atoms with E-state index in [0.717, 1.165) is 0 Å². The summed E-state index contributed by atoms with van der Waals surface area (Å²) in [4.78, 5) is 26.5. The Morgan fingerprint density at radius 2 is 2.32 bits per heavy atom. The van der Waals surface area contributed by atoms with Gasteiger partial charge in [0.15, 0.2) is 16.5 Å². The maximum Gasteiger partial charge on any atom is 0.280 e. The van der Waals surface area contributed by atoms with Gasteiger partial charge >= 0.3 is 0 Å². The highest BCUT2D eigenvalue weighted by molar-refractivity contribution is 6.33. The van der Waals surface area contributed by atoms with Crippen molar-refractivity contribution < 1.29 is 9.32 Å². The Hall–Kier alpha value is -2.48. The van der Waals surface area contributed by atoms with Crippen LogP contribution in [0.1, 0.15) is 16.2 Å². The number of carbonyl (C=O) groups excluding carboxylic acids is 1. The molecule has 3 rings (SSSR count). The zero-order valence-electron chi connectivity index (χ0n) is 9.64. The molecule has 0 spiro atoms. The number of hydrogen-bond acceptors (Lipinski definition) is 6. The fraction of sp³-hybridized carbons (Fsp3) is 0.100. The lowest BCUT2D eigenvalue weighted by molar-refractivity contribution is 0.101. The Balaban J connectivity index is 1.90. The number of aromatic amines is 1. The Labute approximate surface area is 111 Å². The smallest absolute Gasteiger partial charge is 0.280 e. The molecule has 0 saturated heterocycles. The van der Waals surface area contributed by atoms with Gasteiger partial charge in [-0.1, -0.05) is 16.8 Å². The molecular weight excluding hydrogens is 272 g/mol. The largest absolute Gasteiger partial charge is 0.361 e. The number of amides is 1. The fourth-order valence-electron chi connectivity index (χ4n) is 1.49. The van der Waals surface area contributed by atoms with Gasteiger partial charge in [0, 0.05) is 6.07 Å². The van der Waals surface area contributed by atoms with E-state index in [4.69, 9.17) is 16.1 Å². The zero-order valence-corrected chi connectivity index (χ0v) is 10.4. The first kappa shape index (κ1) is 11.6. The van der Waals surface area contributed by atoms with Gasteiger partial charge in [-0.2, -0.15) is 9.97 Å². The van der Waals surface area contributed by atoms with Crippen molar-refractivity contribution in [1.29, 1.82) is 0 Å². The van der Waals surface area contributed by atoms with Crippen molar-refractivity contribution in [2.24, 2.45) is 0 Å². The second kappa shape index (κ2) is 4.32. The van der Waals surface area contributed by atoms with Crippen LogP contribution in [-0.2, 0) is 0 Å². The molecule has 0 fully saturated rings.